The van der Waals surface area contributed by atoms with Crippen LogP contribution in [0.3, 0.4) is 0 Å². The molecule has 1 rings (SSSR count). The molecule has 20 heavy (non-hydrogen) atoms. The summed E-state index contributed by atoms with van der Waals surface area (Å²) in [6.07, 6.45) is -4.02. The lowest BCUT2D eigenvalue weighted by Gasteiger charge is -2.54. The van der Waals surface area contributed by atoms with Crippen LogP contribution in [0.1, 0.15) is 41.5 Å². The van der Waals surface area contributed by atoms with Gasteiger partial charge in [0.05, 0.1) is 18.1 Å². The van der Waals surface area contributed by atoms with Crippen molar-refractivity contribution >= 4 is 5.97 Å². The van der Waals surface area contributed by atoms with Crippen LogP contribution in [0, 0.1) is 28.6 Å². The fourth-order valence-electron chi connectivity index (χ4n) is 3.70. The van der Waals surface area contributed by atoms with Gasteiger partial charge in [-0.2, -0.15) is 0 Å². The smallest absolute Gasteiger partial charge is 0.309 e. The van der Waals surface area contributed by atoms with E-state index in [4.69, 9.17) is 0 Å². The SMILES string of the molecule is CC(C)(C)C1C(O)C(O)C(O)C(C(=O)O)C1C(C)(C)C. The molecule has 0 radical (unpaired) electrons. The zero-order chi connectivity index (χ0) is 16.0. The Labute approximate surface area is 120 Å². The second-order valence-corrected chi connectivity index (χ2v) is 8.12. The molecule has 0 amide bonds. The second kappa shape index (κ2) is 5.28. The lowest BCUT2D eigenvalue weighted by molar-refractivity contribution is -0.208. The van der Waals surface area contributed by atoms with Gasteiger partial charge in [0.1, 0.15) is 6.10 Å². The topological polar surface area (TPSA) is 98.0 Å². The number of hydrogen-bond donors (Lipinski definition) is 4. The monoisotopic (exact) mass is 288 g/mol. The number of hydrogen-bond acceptors (Lipinski definition) is 4. The molecular weight excluding hydrogens is 260 g/mol. The van der Waals surface area contributed by atoms with Gasteiger partial charge in [0.2, 0.25) is 0 Å². The number of aliphatic hydroxyl groups is 3. The molecule has 0 aromatic heterocycles. The maximum Gasteiger partial charge on any atom is 0.309 e. The first-order valence-electron chi connectivity index (χ1n) is 7.07. The second-order valence-electron chi connectivity index (χ2n) is 8.12. The summed E-state index contributed by atoms with van der Waals surface area (Å²) in [4.78, 5) is 11.6. The van der Waals surface area contributed by atoms with Crippen LogP contribution >= 0.6 is 0 Å². The highest BCUT2D eigenvalue weighted by atomic mass is 16.4. The maximum atomic E-state index is 11.6. The fourth-order valence-corrected chi connectivity index (χ4v) is 3.70. The lowest BCUT2D eigenvalue weighted by Crippen LogP contribution is -2.63. The summed E-state index contributed by atoms with van der Waals surface area (Å²) >= 11 is 0. The number of rotatable bonds is 1. The first-order valence-corrected chi connectivity index (χ1v) is 7.07. The fraction of sp³-hybridized carbons (Fsp3) is 0.933. The largest absolute Gasteiger partial charge is 0.481 e. The molecule has 0 saturated heterocycles. The highest BCUT2D eigenvalue weighted by molar-refractivity contribution is 5.71. The molecule has 6 atom stereocenters. The van der Waals surface area contributed by atoms with Crippen LogP contribution in [-0.2, 0) is 4.79 Å². The molecule has 1 saturated carbocycles. The summed E-state index contributed by atoms with van der Waals surface area (Å²) in [5, 5.41) is 40.0. The average molecular weight is 288 g/mol. The minimum atomic E-state index is -1.45. The van der Waals surface area contributed by atoms with Gasteiger partial charge in [-0.05, 0) is 22.7 Å². The van der Waals surface area contributed by atoms with Gasteiger partial charge in [-0.15, -0.1) is 0 Å². The van der Waals surface area contributed by atoms with Gasteiger partial charge in [-0.25, -0.2) is 0 Å². The van der Waals surface area contributed by atoms with Crippen molar-refractivity contribution < 1.29 is 25.2 Å². The molecule has 0 spiro atoms. The summed E-state index contributed by atoms with van der Waals surface area (Å²) in [5.41, 5.74) is -0.796. The normalized spacial score (nSPS) is 39.6. The maximum absolute atomic E-state index is 11.6. The molecule has 0 heterocycles. The van der Waals surface area contributed by atoms with Crippen LogP contribution in [0.5, 0.6) is 0 Å². The van der Waals surface area contributed by atoms with Crippen molar-refractivity contribution in [3.05, 3.63) is 0 Å². The van der Waals surface area contributed by atoms with E-state index in [0.717, 1.165) is 0 Å². The van der Waals surface area contributed by atoms with Crippen LogP contribution in [0.25, 0.3) is 0 Å². The summed E-state index contributed by atoms with van der Waals surface area (Å²) in [6.45, 7) is 11.5. The summed E-state index contributed by atoms with van der Waals surface area (Å²) in [5.74, 6) is -3.06. The molecule has 1 aliphatic carbocycles. The Morgan fingerprint density at radius 3 is 1.45 bits per heavy atom. The Morgan fingerprint density at radius 2 is 1.15 bits per heavy atom. The predicted octanol–water partition coefficient (Wildman–Crippen LogP) is 1.11. The van der Waals surface area contributed by atoms with E-state index < -0.39 is 47.4 Å². The quantitative estimate of drug-likeness (QED) is 0.579. The van der Waals surface area contributed by atoms with Crippen molar-refractivity contribution in [2.75, 3.05) is 0 Å². The third kappa shape index (κ3) is 3.00. The first-order chi connectivity index (χ1) is 8.80. The van der Waals surface area contributed by atoms with Crippen molar-refractivity contribution in [3.8, 4) is 0 Å². The van der Waals surface area contributed by atoms with Gasteiger partial charge >= 0.3 is 5.97 Å². The van der Waals surface area contributed by atoms with Crippen LogP contribution in [0.4, 0.5) is 0 Å². The van der Waals surface area contributed by atoms with Crippen LogP contribution in [0.15, 0.2) is 0 Å². The van der Waals surface area contributed by atoms with Crippen LogP contribution in [-0.4, -0.2) is 44.7 Å². The van der Waals surface area contributed by atoms with Gasteiger partial charge in [-0.1, -0.05) is 41.5 Å². The van der Waals surface area contributed by atoms with Crippen molar-refractivity contribution in [1.82, 2.24) is 0 Å². The van der Waals surface area contributed by atoms with Crippen molar-refractivity contribution in [3.63, 3.8) is 0 Å². The molecule has 118 valence electrons. The Balaban J connectivity index is 3.41. The Morgan fingerprint density at radius 1 is 0.750 bits per heavy atom. The van der Waals surface area contributed by atoms with Crippen molar-refractivity contribution in [2.24, 2.45) is 28.6 Å². The van der Waals surface area contributed by atoms with E-state index >= 15 is 0 Å². The Kier molecular flexibility index (Phi) is 4.59. The first kappa shape index (κ1) is 17.4. The van der Waals surface area contributed by atoms with Crippen molar-refractivity contribution in [2.45, 2.75) is 59.9 Å². The third-order valence-corrected chi connectivity index (χ3v) is 4.49. The zero-order valence-corrected chi connectivity index (χ0v) is 13.2. The number of carboxylic acid groups (broad SMARTS) is 1. The molecule has 4 N–H and O–H groups in total. The molecule has 1 fully saturated rings. The van der Waals surface area contributed by atoms with E-state index in [1.54, 1.807) is 0 Å². The van der Waals surface area contributed by atoms with E-state index in [2.05, 4.69) is 0 Å². The standard InChI is InChI=1S/C15H28O5/c1-14(2,3)8-7(13(19)20)10(16)12(18)11(17)9(8)15(4,5)6/h7-12,16-18H,1-6H3,(H,19,20). The van der Waals surface area contributed by atoms with Crippen molar-refractivity contribution in [1.29, 1.82) is 0 Å². The van der Waals surface area contributed by atoms with E-state index in [0.29, 0.717) is 0 Å². The number of carbonyl (C=O) groups is 1. The molecule has 6 unspecified atom stereocenters. The molecule has 0 aromatic carbocycles. The van der Waals surface area contributed by atoms with Crippen LogP contribution < -0.4 is 0 Å². The molecule has 0 bridgehead atoms. The van der Waals surface area contributed by atoms with Gasteiger partial charge in [0.15, 0.2) is 0 Å². The lowest BCUT2D eigenvalue weighted by atomic mass is 9.53. The molecule has 5 heteroatoms. The zero-order valence-electron chi connectivity index (χ0n) is 13.2. The average Bonchev–Trinajstić information content (AvgIpc) is 2.21. The summed E-state index contributed by atoms with van der Waals surface area (Å²) in [7, 11) is 0. The molecule has 1 aliphatic rings. The van der Waals surface area contributed by atoms with Gasteiger partial charge in [0.25, 0.3) is 0 Å². The molecule has 0 aromatic rings. The van der Waals surface area contributed by atoms with Gasteiger partial charge in [-0.3, -0.25) is 4.79 Å². The predicted molar refractivity (Wildman–Crippen MR) is 75.0 cm³/mol. The van der Waals surface area contributed by atoms with E-state index in [9.17, 15) is 25.2 Å². The van der Waals surface area contributed by atoms with E-state index in [-0.39, 0.29) is 5.41 Å². The molecular formula is C15H28O5. The van der Waals surface area contributed by atoms with Crippen LogP contribution in [0.2, 0.25) is 0 Å². The van der Waals surface area contributed by atoms with E-state index in [1.165, 1.54) is 0 Å². The highest BCUT2D eigenvalue weighted by Gasteiger charge is 2.58. The van der Waals surface area contributed by atoms with Gasteiger partial charge < -0.3 is 20.4 Å². The number of aliphatic carboxylic acids is 1. The molecule has 5 nitrogen and oxygen atoms in total. The minimum Gasteiger partial charge on any atom is -0.481 e. The molecule has 0 aliphatic heterocycles. The Bertz CT molecular complexity index is 365. The van der Waals surface area contributed by atoms with E-state index in [1.807, 2.05) is 41.5 Å². The summed E-state index contributed by atoms with van der Waals surface area (Å²) in [6, 6.07) is 0. The van der Waals surface area contributed by atoms with Gasteiger partial charge in [0, 0.05) is 0 Å². The number of aliphatic hydroxyl groups excluding tert-OH is 3. The summed E-state index contributed by atoms with van der Waals surface area (Å²) < 4.78 is 0. The number of carboxylic acids is 1. The third-order valence-electron chi connectivity index (χ3n) is 4.49. The minimum absolute atomic E-state index is 0.383. The highest BCUT2D eigenvalue weighted by Crippen LogP contribution is 2.51. The Hall–Kier alpha value is -0.650.